The van der Waals surface area contributed by atoms with Gasteiger partial charge in [-0.25, -0.2) is 0 Å². The molecule has 3 heterocycles. The number of rotatable bonds is 4. The molecule has 0 aliphatic rings. The van der Waals surface area contributed by atoms with E-state index in [1.807, 2.05) is 24.3 Å². The topological polar surface area (TPSA) is 118 Å². The molecule has 4 rings (SSSR count). The number of para-hydroxylation sites is 2. The smallest absolute Gasteiger partial charge is 0.282 e. The third kappa shape index (κ3) is 2.57. The predicted octanol–water partition coefficient (Wildman–Crippen LogP) is 1.97. The molecular formula is C16H13N7O2. The van der Waals surface area contributed by atoms with Gasteiger partial charge in [0.2, 0.25) is 5.82 Å². The second-order valence-corrected chi connectivity index (χ2v) is 5.07. The van der Waals surface area contributed by atoms with Crippen molar-refractivity contribution in [3.63, 3.8) is 0 Å². The van der Waals surface area contributed by atoms with Gasteiger partial charge in [-0.05, 0) is 24.3 Å². The lowest BCUT2D eigenvalue weighted by molar-refractivity contribution is 0.411. The molecule has 0 amide bonds. The van der Waals surface area contributed by atoms with E-state index in [0.717, 1.165) is 5.56 Å². The number of aromatic nitrogens is 6. The zero-order valence-electron chi connectivity index (χ0n) is 13.2. The maximum atomic E-state index is 6.18. The molecule has 0 aliphatic heterocycles. The highest BCUT2D eigenvalue weighted by atomic mass is 16.5. The first-order valence-corrected chi connectivity index (χ1v) is 7.37. The number of methoxy groups -OCH3 is 1. The quantitative estimate of drug-likeness (QED) is 0.601. The molecule has 0 spiro atoms. The fraction of sp³-hybridized carbons (Fsp3) is 0.0625. The van der Waals surface area contributed by atoms with Crippen LogP contribution in [-0.2, 0) is 0 Å². The minimum absolute atomic E-state index is 0.186. The van der Waals surface area contributed by atoms with Crippen molar-refractivity contribution in [2.45, 2.75) is 0 Å². The first-order chi connectivity index (χ1) is 12.3. The number of hydrogen-bond donors (Lipinski definition) is 1. The maximum Gasteiger partial charge on any atom is 0.282 e. The van der Waals surface area contributed by atoms with Crippen molar-refractivity contribution in [3.8, 4) is 34.4 Å². The molecule has 0 atom stereocenters. The van der Waals surface area contributed by atoms with Gasteiger partial charge < -0.3 is 15.0 Å². The van der Waals surface area contributed by atoms with Gasteiger partial charge in [0.05, 0.1) is 7.11 Å². The van der Waals surface area contributed by atoms with Crippen LogP contribution in [0.5, 0.6) is 5.75 Å². The van der Waals surface area contributed by atoms with Crippen molar-refractivity contribution in [1.29, 1.82) is 0 Å². The predicted molar refractivity (Wildman–Crippen MR) is 88.8 cm³/mol. The largest absolute Gasteiger partial charge is 0.494 e. The number of benzene rings is 1. The SMILES string of the molecule is COc1ccccc1-n1nnc(-c2nc(-c3ccncc3)no2)c1N. The van der Waals surface area contributed by atoms with E-state index in [1.165, 1.54) is 4.68 Å². The first-order valence-electron chi connectivity index (χ1n) is 7.37. The molecule has 0 aliphatic carbocycles. The number of ether oxygens (including phenoxy) is 1. The van der Waals surface area contributed by atoms with Gasteiger partial charge in [0, 0.05) is 18.0 Å². The Bertz CT molecular complexity index is 1010. The second kappa shape index (κ2) is 6.04. The highest BCUT2D eigenvalue weighted by molar-refractivity contribution is 5.67. The second-order valence-electron chi connectivity index (χ2n) is 5.07. The van der Waals surface area contributed by atoms with Crippen LogP contribution in [0, 0.1) is 0 Å². The molecule has 0 unspecified atom stereocenters. The van der Waals surface area contributed by atoms with Crippen molar-refractivity contribution in [3.05, 3.63) is 48.8 Å². The minimum Gasteiger partial charge on any atom is -0.494 e. The van der Waals surface area contributed by atoms with E-state index in [1.54, 1.807) is 31.6 Å². The van der Waals surface area contributed by atoms with E-state index in [-0.39, 0.29) is 11.7 Å². The van der Waals surface area contributed by atoms with Crippen LogP contribution in [0.3, 0.4) is 0 Å². The van der Waals surface area contributed by atoms with Crippen LogP contribution in [0.2, 0.25) is 0 Å². The summed E-state index contributed by atoms with van der Waals surface area (Å²) in [6.07, 6.45) is 3.30. The third-order valence-electron chi connectivity index (χ3n) is 3.59. The Balaban J connectivity index is 1.74. The molecular weight excluding hydrogens is 322 g/mol. The summed E-state index contributed by atoms with van der Waals surface area (Å²) < 4.78 is 12.1. The fourth-order valence-electron chi connectivity index (χ4n) is 2.36. The summed E-state index contributed by atoms with van der Waals surface area (Å²) in [5, 5.41) is 12.1. The molecule has 0 saturated carbocycles. The fourth-order valence-corrected chi connectivity index (χ4v) is 2.36. The number of nitrogen functional groups attached to an aromatic ring is 1. The van der Waals surface area contributed by atoms with E-state index in [0.29, 0.717) is 23.0 Å². The zero-order valence-corrected chi connectivity index (χ0v) is 13.2. The van der Waals surface area contributed by atoms with Gasteiger partial charge >= 0.3 is 0 Å². The van der Waals surface area contributed by atoms with Gasteiger partial charge in [0.1, 0.15) is 11.4 Å². The molecule has 9 heteroatoms. The molecule has 25 heavy (non-hydrogen) atoms. The number of nitrogens with two attached hydrogens (primary N) is 1. The van der Waals surface area contributed by atoms with Crippen LogP contribution in [0.1, 0.15) is 0 Å². The Hall–Kier alpha value is -3.75. The Morgan fingerprint density at radius 3 is 2.72 bits per heavy atom. The first kappa shape index (κ1) is 14.8. The monoisotopic (exact) mass is 335 g/mol. The van der Waals surface area contributed by atoms with Gasteiger partial charge in [-0.3, -0.25) is 4.98 Å². The molecule has 0 radical (unpaired) electrons. The van der Waals surface area contributed by atoms with Crippen LogP contribution in [0.15, 0.2) is 53.3 Å². The van der Waals surface area contributed by atoms with Crippen molar-refractivity contribution in [2.24, 2.45) is 0 Å². The molecule has 124 valence electrons. The Morgan fingerprint density at radius 2 is 1.92 bits per heavy atom. The molecule has 0 fully saturated rings. The Kier molecular flexibility index (Phi) is 3.58. The highest BCUT2D eigenvalue weighted by Gasteiger charge is 2.21. The summed E-state index contributed by atoms with van der Waals surface area (Å²) in [5.74, 6) is 1.50. The normalized spacial score (nSPS) is 10.8. The number of nitrogens with zero attached hydrogens (tertiary/aromatic N) is 6. The van der Waals surface area contributed by atoms with Crippen LogP contribution >= 0.6 is 0 Å². The molecule has 2 N–H and O–H groups in total. The lowest BCUT2D eigenvalue weighted by Gasteiger charge is -2.08. The summed E-state index contributed by atoms with van der Waals surface area (Å²) in [5.41, 5.74) is 7.93. The molecule has 3 aromatic heterocycles. The zero-order chi connectivity index (χ0) is 17.2. The van der Waals surface area contributed by atoms with Gasteiger partial charge in [0.25, 0.3) is 5.89 Å². The summed E-state index contributed by atoms with van der Waals surface area (Å²) in [6, 6.07) is 10.9. The highest BCUT2D eigenvalue weighted by Crippen LogP contribution is 2.29. The van der Waals surface area contributed by atoms with E-state index < -0.39 is 0 Å². The van der Waals surface area contributed by atoms with Gasteiger partial charge in [-0.2, -0.15) is 9.67 Å². The summed E-state index contributed by atoms with van der Waals surface area (Å²) in [4.78, 5) is 8.29. The van der Waals surface area contributed by atoms with Gasteiger partial charge in [-0.15, -0.1) is 5.10 Å². The summed E-state index contributed by atoms with van der Waals surface area (Å²) in [6.45, 7) is 0. The average Bonchev–Trinajstić information content (AvgIpc) is 3.29. The third-order valence-corrected chi connectivity index (χ3v) is 3.59. The van der Waals surface area contributed by atoms with Crippen molar-refractivity contribution >= 4 is 5.82 Å². The van der Waals surface area contributed by atoms with E-state index in [2.05, 4.69) is 25.4 Å². The van der Waals surface area contributed by atoms with E-state index in [9.17, 15) is 0 Å². The maximum absolute atomic E-state index is 6.18. The molecule has 9 nitrogen and oxygen atoms in total. The van der Waals surface area contributed by atoms with Crippen LogP contribution in [-0.4, -0.2) is 37.2 Å². The van der Waals surface area contributed by atoms with Crippen LogP contribution in [0.25, 0.3) is 28.7 Å². The Morgan fingerprint density at radius 1 is 1.12 bits per heavy atom. The molecule has 0 saturated heterocycles. The van der Waals surface area contributed by atoms with Crippen molar-refractivity contribution in [2.75, 3.05) is 12.8 Å². The number of hydrogen-bond acceptors (Lipinski definition) is 8. The summed E-state index contributed by atoms with van der Waals surface area (Å²) in [7, 11) is 1.58. The Labute approximate surface area is 142 Å². The van der Waals surface area contributed by atoms with Gasteiger partial charge in [-0.1, -0.05) is 22.5 Å². The van der Waals surface area contributed by atoms with Gasteiger partial charge in [0.15, 0.2) is 11.5 Å². The lowest BCUT2D eigenvalue weighted by Crippen LogP contribution is -2.04. The molecule has 4 aromatic rings. The number of pyridine rings is 1. The number of anilines is 1. The molecule has 1 aromatic carbocycles. The lowest BCUT2D eigenvalue weighted by atomic mass is 10.2. The minimum atomic E-state index is 0.186. The van der Waals surface area contributed by atoms with E-state index in [4.69, 9.17) is 15.0 Å². The van der Waals surface area contributed by atoms with Crippen molar-refractivity contribution in [1.82, 2.24) is 30.1 Å². The van der Waals surface area contributed by atoms with E-state index >= 15 is 0 Å². The van der Waals surface area contributed by atoms with Crippen molar-refractivity contribution < 1.29 is 9.26 Å². The van der Waals surface area contributed by atoms with Crippen LogP contribution < -0.4 is 10.5 Å². The van der Waals surface area contributed by atoms with Crippen LogP contribution in [0.4, 0.5) is 5.82 Å². The average molecular weight is 335 g/mol. The molecule has 0 bridgehead atoms. The standard InChI is InChI=1S/C16H13N7O2/c1-24-12-5-3-2-4-11(12)23-14(17)13(20-22-23)16-19-15(21-25-16)10-6-8-18-9-7-10/h2-9H,17H2,1H3. The summed E-state index contributed by atoms with van der Waals surface area (Å²) >= 11 is 0.